The summed E-state index contributed by atoms with van der Waals surface area (Å²) in [5, 5.41) is 14.6. The third-order valence-electron chi connectivity index (χ3n) is 4.76. The van der Waals surface area contributed by atoms with E-state index < -0.39 is 29.2 Å². The fourth-order valence-electron chi connectivity index (χ4n) is 2.68. The first kappa shape index (κ1) is 20.5. The van der Waals surface area contributed by atoms with Crippen molar-refractivity contribution in [2.75, 3.05) is 20.8 Å². The Labute approximate surface area is 158 Å². The van der Waals surface area contributed by atoms with E-state index in [0.29, 0.717) is 29.9 Å². The standard InChI is InChI=1S/C19H26N2O6/c1-11(2)15(17(23)20-10-19(5-6-19)18(24)25)21-16(22)12-7-13(26-3)9-14(8-12)27-4/h7-9,11,15H,5-6,10H2,1-4H3,(H,20,23)(H,21,22)(H,24,25). The Morgan fingerprint density at radius 1 is 1.11 bits per heavy atom. The van der Waals surface area contributed by atoms with E-state index in [0.717, 1.165) is 0 Å². The lowest BCUT2D eigenvalue weighted by Gasteiger charge is -2.23. The molecule has 1 saturated carbocycles. The number of benzene rings is 1. The number of hydrogen-bond acceptors (Lipinski definition) is 5. The molecule has 1 atom stereocenters. The van der Waals surface area contributed by atoms with E-state index >= 15 is 0 Å². The van der Waals surface area contributed by atoms with Gasteiger partial charge in [0.2, 0.25) is 5.91 Å². The van der Waals surface area contributed by atoms with Crippen molar-refractivity contribution in [3.63, 3.8) is 0 Å². The minimum atomic E-state index is -0.906. The fourth-order valence-corrected chi connectivity index (χ4v) is 2.68. The number of rotatable bonds is 9. The lowest BCUT2D eigenvalue weighted by atomic mass is 10.0. The average molecular weight is 378 g/mol. The zero-order valence-electron chi connectivity index (χ0n) is 16.0. The molecule has 148 valence electrons. The highest BCUT2D eigenvalue weighted by Crippen LogP contribution is 2.45. The number of carbonyl (C=O) groups excluding carboxylic acids is 2. The van der Waals surface area contributed by atoms with Crippen LogP contribution in [0.25, 0.3) is 0 Å². The summed E-state index contributed by atoms with van der Waals surface area (Å²) >= 11 is 0. The van der Waals surface area contributed by atoms with Gasteiger partial charge in [0.15, 0.2) is 0 Å². The Kier molecular flexibility index (Phi) is 6.30. The highest BCUT2D eigenvalue weighted by molar-refractivity contribution is 5.98. The Bertz CT molecular complexity index is 705. The molecular weight excluding hydrogens is 352 g/mol. The summed E-state index contributed by atoms with van der Waals surface area (Å²) in [5.41, 5.74) is -0.560. The zero-order chi connectivity index (χ0) is 20.2. The van der Waals surface area contributed by atoms with Crippen molar-refractivity contribution >= 4 is 17.8 Å². The highest BCUT2D eigenvalue weighted by atomic mass is 16.5. The second-order valence-corrected chi connectivity index (χ2v) is 7.10. The minimum absolute atomic E-state index is 0.0627. The van der Waals surface area contributed by atoms with E-state index in [1.165, 1.54) is 14.2 Å². The first-order valence-electron chi connectivity index (χ1n) is 8.77. The molecule has 0 aliphatic heterocycles. The number of carboxylic acid groups (broad SMARTS) is 1. The molecule has 1 unspecified atom stereocenters. The van der Waals surface area contributed by atoms with Crippen LogP contribution in [0.2, 0.25) is 0 Å². The number of carbonyl (C=O) groups is 3. The molecule has 8 heteroatoms. The molecule has 0 bridgehead atoms. The van der Waals surface area contributed by atoms with Gasteiger partial charge in [0.1, 0.15) is 17.5 Å². The van der Waals surface area contributed by atoms with Crippen LogP contribution < -0.4 is 20.1 Å². The summed E-state index contributed by atoms with van der Waals surface area (Å²) in [6.07, 6.45) is 1.09. The molecule has 8 nitrogen and oxygen atoms in total. The third kappa shape index (κ3) is 4.90. The first-order chi connectivity index (χ1) is 12.7. The molecule has 1 aromatic carbocycles. The number of hydrogen-bond donors (Lipinski definition) is 3. The molecule has 0 radical (unpaired) electrons. The lowest BCUT2D eigenvalue weighted by Crippen LogP contribution is -2.51. The van der Waals surface area contributed by atoms with Crippen molar-refractivity contribution in [1.82, 2.24) is 10.6 Å². The van der Waals surface area contributed by atoms with E-state index in [2.05, 4.69) is 10.6 Å². The Morgan fingerprint density at radius 3 is 2.07 bits per heavy atom. The first-order valence-corrected chi connectivity index (χ1v) is 8.77. The Hall–Kier alpha value is -2.77. The SMILES string of the molecule is COc1cc(OC)cc(C(=O)NC(C(=O)NCC2(C(=O)O)CC2)C(C)C)c1. The summed E-state index contributed by atoms with van der Waals surface area (Å²) in [4.78, 5) is 36.4. The molecule has 0 spiro atoms. The fraction of sp³-hybridized carbons (Fsp3) is 0.526. The summed E-state index contributed by atoms with van der Waals surface area (Å²) in [6.45, 7) is 3.68. The number of aliphatic carboxylic acids is 1. The predicted molar refractivity (Wildman–Crippen MR) is 98.0 cm³/mol. The summed E-state index contributed by atoms with van der Waals surface area (Å²) in [5.74, 6) is -1.01. The number of ether oxygens (including phenoxy) is 2. The normalized spacial score (nSPS) is 15.6. The molecule has 27 heavy (non-hydrogen) atoms. The van der Waals surface area contributed by atoms with Crippen LogP contribution in [0.4, 0.5) is 0 Å². The number of carboxylic acids is 1. The van der Waals surface area contributed by atoms with Gasteiger partial charge in [-0.05, 0) is 30.9 Å². The smallest absolute Gasteiger partial charge is 0.311 e. The second kappa shape index (κ2) is 8.28. The monoisotopic (exact) mass is 378 g/mol. The zero-order valence-corrected chi connectivity index (χ0v) is 16.0. The van der Waals surface area contributed by atoms with Crippen LogP contribution in [-0.4, -0.2) is 49.7 Å². The number of methoxy groups -OCH3 is 2. The lowest BCUT2D eigenvalue weighted by molar-refractivity contribution is -0.143. The molecule has 0 saturated heterocycles. The van der Waals surface area contributed by atoms with Crippen molar-refractivity contribution in [3.05, 3.63) is 23.8 Å². The number of amides is 2. The van der Waals surface area contributed by atoms with Crippen molar-refractivity contribution in [2.45, 2.75) is 32.7 Å². The number of nitrogens with one attached hydrogen (secondary N) is 2. The molecule has 1 aromatic rings. The van der Waals surface area contributed by atoms with Gasteiger partial charge < -0.3 is 25.2 Å². The van der Waals surface area contributed by atoms with Crippen LogP contribution in [0.1, 0.15) is 37.0 Å². The molecule has 0 heterocycles. The molecule has 3 N–H and O–H groups in total. The van der Waals surface area contributed by atoms with Crippen LogP contribution >= 0.6 is 0 Å². The molecule has 1 aliphatic rings. The van der Waals surface area contributed by atoms with Crippen molar-refractivity contribution < 1.29 is 29.0 Å². The van der Waals surface area contributed by atoms with Gasteiger partial charge >= 0.3 is 5.97 Å². The van der Waals surface area contributed by atoms with E-state index in [1.54, 1.807) is 32.0 Å². The quantitative estimate of drug-likeness (QED) is 0.599. The van der Waals surface area contributed by atoms with Gasteiger partial charge in [-0.2, -0.15) is 0 Å². The van der Waals surface area contributed by atoms with Gasteiger partial charge in [-0.3, -0.25) is 14.4 Å². The minimum Gasteiger partial charge on any atom is -0.497 e. The predicted octanol–water partition coefficient (Wildman–Crippen LogP) is 1.44. The van der Waals surface area contributed by atoms with E-state index in [4.69, 9.17) is 9.47 Å². The molecule has 1 fully saturated rings. The van der Waals surface area contributed by atoms with Crippen molar-refractivity contribution in [3.8, 4) is 11.5 Å². The summed E-state index contributed by atoms with van der Waals surface area (Å²) < 4.78 is 10.3. The molecule has 2 rings (SSSR count). The Balaban J connectivity index is 2.08. The van der Waals surface area contributed by atoms with Gasteiger partial charge in [-0.25, -0.2) is 0 Å². The summed E-state index contributed by atoms with van der Waals surface area (Å²) in [6, 6.07) is 3.96. The van der Waals surface area contributed by atoms with E-state index in [1.807, 2.05) is 0 Å². The topological polar surface area (TPSA) is 114 Å². The second-order valence-electron chi connectivity index (χ2n) is 7.10. The van der Waals surface area contributed by atoms with Gasteiger partial charge in [-0.15, -0.1) is 0 Å². The maximum Gasteiger partial charge on any atom is 0.311 e. The van der Waals surface area contributed by atoms with Crippen LogP contribution in [0.3, 0.4) is 0 Å². The molecule has 2 amide bonds. The molecular formula is C19H26N2O6. The van der Waals surface area contributed by atoms with Crippen LogP contribution in [0.5, 0.6) is 11.5 Å². The maximum absolute atomic E-state index is 12.6. The Morgan fingerprint density at radius 2 is 1.67 bits per heavy atom. The van der Waals surface area contributed by atoms with Gasteiger partial charge in [-0.1, -0.05) is 13.8 Å². The van der Waals surface area contributed by atoms with E-state index in [-0.39, 0.29) is 12.5 Å². The van der Waals surface area contributed by atoms with Crippen molar-refractivity contribution in [2.24, 2.45) is 11.3 Å². The summed E-state index contributed by atoms with van der Waals surface area (Å²) in [7, 11) is 2.97. The maximum atomic E-state index is 12.6. The molecule has 1 aliphatic carbocycles. The van der Waals surface area contributed by atoms with E-state index in [9.17, 15) is 19.5 Å². The van der Waals surface area contributed by atoms with Crippen molar-refractivity contribution in [1.29, 1.82) is 0 Å². The van der Waals surface area contributed by atoms with Gasteiger partial charge in [0.25, 0.3) is 5.91 Å². The molecule has 0 aromatic heterocycles. The van der Waals surface area contributed by atoms with Crippen LogP contribution in [0, 0.1) is 11.3 Å². The van der Waals surface area contributed by atoms with Gasteiger partial charge in [0, 0.05) is 18.2 Å². The van der Waals surface area contributed by atoms with Crippen LogP contribution in [0.15, 0.2) is 18.2 Å². The largest absolute Gasteiger partial charge is 0.497 e. The van der Waals surface area contributed by atoms with Crippen LogP contribution in [-0.2, 0) is 9.59 Å². The highest BCUT2D eigenvalue weighted by Gasteiger charge is 2.50. The van der Waals surface area contributed by atoms with Gasteiger partial charge in [0.05, 0.1) is 19.6 Å². The average Bonchev–Trinajstić information content (AvgIpc) is 3.44. The third-order valence-corrected chi connectivity index (χ3v) is 4.76.